The van der Waals surface area contributed by atoms with Crippen molar-refractivity contribution in [1.29, 1.82) is 0 Å². The van der Waals surface area contributed by atoms with E-state index in [1.165, 1.54) is 37.8 Å². The van der Waals surface area contributed by atoms with Crippen LogP contribution in [0.3, 0.4) is 0 Å². The Balaban J connectivity index is 1.66. The smallest absolute Gasteiger partial charge is 0.0173 e. The number of nitrogens with one attached hydrogen (secondary N) is 1. The number of rotatable bonds is 6. The quantitative estimate of drug-likeness (QED) is 0.715. The summed E-state index contributed by atoms with van der Waals surface area (Å²) in [5.41, 5.74) is 2.91. The van der Waals surface area contributed by atoms with Gasteiger partial charge in [-0.05, 0) is 62.5 Å². The van der Waals surface area contributed by atoms with Crippen LogP contribution in [0.15, 0.2) is 11.1 Å². The Morgan fingerprint density at radius 1 is 1.36 bits per heavy atom. The molecule has 0 atom stereocenters. The third-order valence-corrected chi connectivity index (χ3v) is 3.80. The summed E-state index contributed by atoms with van der Waals surface area (Å²) < 4.78 is 0. The maximum atomic E-state index is 5.62. The van der Waals surface area contributed by atoms with Gasteiger partial charge in [-0.2, -0.15) is 0 Å². The first kappa shape index (κ1) is 10.5. The second-order valence-corrected chi connectivity index (χ2v) is 5.14. The zero-order valence-corrected chi connectivity index (χ0v) is 9.69. The molecule has 1 N–H and O–H groups in total. The molecule has 2 aliphatic rings. The Kier molecular flexibility index (Phi) is 3.51. The number of halogens is 1. The van der Waals surface area contributed by atoms with Crippen molar-refractivity contribution in [2.45, 2.75) is 32.6 Å². The molecular formula is C12H20ClN. The van der Waals surface area contributed by atoms with E-state index in [0.717, 1.165) is 24.3 Å². The molecule has 0 radical (unpaired) electrons. The Labute approximate surface area is 91.9 Å². The molecule has 1 nitrogen and oxygen atoms in total. The van der Waals surface area contributed by atoms with Gasteiger partial charge in [0.15, 0.2) is 0 Å². The largest absolute Gasteiger partial charge is 0.313 e. The summed E-state index contributed by atoms with van der Waals surface area (Å²) in [6.45, 7) is 4.24. The van der Waals surface area contributed by atoms with Crippen LogP contribution >= 0.6 is 11.6 Å². The lowest BCUT2D eigenvalue weighted by molar-refractivity contribution is 0.385. The molecule has 0 aromatic carbocycles. The van der Waals surface area contributed by atoms with Gasteiger partial charge in [-0.1, -0.05) is 11.6 Å². The second-order valence-electron chi connectivity index (χ2n) is 4.93. The van der Waals surface area contributed by atoms with Crippen LogP contribution in [0, 0.1) is 17.8 Å². The van der Waals surface area contributed by atoms with Crippen LogP contribution in [0.25, 0.3) is 0 Å². The van der Waals surface area contributed by atoms with E-state index in [4.69, 9.17) is 11.6 Å². The molecule has 14 heavy (non-hydrogen) atoms. The van der Waals surface area contributed by atoms with Gasteiger partial charge in [-0.15, -0.1) is 0 Å². The molecule has 0 unspecified atom stereocenters. The predicted molar refractivity (Wildman–Crippen MR) is 61.4 cm³/mol. The summed E-state index contributed by atoms with van der Waals surface area (Å²) in [5, 5.41) is 3.53. The highest BCUT2D eigenvalue weighted by molar-refractivity contribution is 6.25. The highest BCUT2D eigenvalue weighted by Gasteiger charge is 2.40. The minimum Gasteiger partial charge on any atom is -0.313 e. The highest BCUT2D eigenvalue weighted by Crippen LogP contribution is 2.48. The van der Waals surface area contributed by atoms with Crippen molar-refractivity contribution in [3.05, 3.63) is 11.1 Å². The zero-order chi connectivity index (χ0) is 9.97. The SMILES string of the molecule is CC(=CCl)CNCC(C1CC1)C1CC1. The van der Waals surface area contributed by atoms with Crippen LogP contribution in [-0.4, -0.2) is 13.1 Å². The molecule has 0 spiro atoms. The molecular weight excluding hydrogens is 194 g/mol. The summed E-state index contributed by atoms with van der Waals surface area (Å²) >= 11 is 5.62. The second kappa shape index (κ2) is 4.67. The average Bonchev–Trinajstić information content (AvgIpc) is 3.03. The van der Waals surface area contributed by atoms with E-state index in [-0.39, 0.29) is 0 Å². The summed E-state index contributed by atoms with van der Waals surface area (Å²) in [6, 6.07) is 0. The van der Waals surface area contributed by atoms with Crippen LogP contribution in [-0.2, 0) is 0 Å². The van der Waals surface area contributed by atoms with Crippen LogP contribution in [0.4, 0.5) is 0 Å². The highest BCUT2D eigenvalue weighted by atomic mass is 35.5. The normalized spacial score (nSPS) is 23.2. The van der Waals surface area contributed by atoms with E-state index in [0.29, 0.717) is 0 Å². The Morgan fingerprint density at radius 3 is 2.36 bits per heavy atom. The molecule has 2 saturated carbocycles. The maximum Gasteiger partial charge on any atom is 0.0173 e. The predicted octanol–water partition coefficient (Wildman–Crippen LogP) is 3.15. The van der Waals surface area contributed by atoms with Crippen molar-refractivity contribution in [3.63, 3.8) is 0 Å². The minimum atomic E-state index is 0.958. The average molecular weight is 214 g/mol. The molecule has 0 aliphatic heterocycles. The molecule has 0 saturated heterocycles. The van der Waals surface area contributed by atoms with Gasteiger partial charge >= 0.3 is 0 Å². The fraction of sp³-hybridized carbons (Fsp3) is 0.833. The third kappa shape index (κ3) is 2.99. The van der Waals surface area contributed by atoms with Crippen LogP contribution < -0.4 is 5.32 Å². The van der Waals surface area contributed by atoms with Gasteiger partial charge in [0.2, 0.25) is 0 Å². The van der Waals surface area contributed by atoms with E-state index in [2.05, 4.69) is 12.2 Å². The first-order valence-electron chi connectivity index (χ1n) is 5.78. The fourth-order valence-corrected chi connectivity index (χ4v) is 2.32. The van der Waals surface area contributed by atoms with Gasteiger partial charge < -0.3 is 5.32 Å². The topological polar surface area (TPSA) is 12.0 Å². The summed E-state index contributed by atoms with van der Waals surface area (Å²) in [6.07, 6.45) is 5.92. The molecule has 0 heterocycles. The lowest BCUT2D eigenvalue weighted by Gasteiger charge is -2.16. The molecule has 0 aromatic heterocycles. The maximum absolute atomic E-state index is 5.62. The van der Waals surface area contributed by atoms with E-state index < -0.39 is 0 Å². The van der Waals surface area contributed by atoms with Crippen molar-refractivity contribution in [3.8, 4) is 0 Å². The Hall–Kier alpha value is -0.0100. The van der Waals surface area contributed by atoms with Gasteiger partial charge in [0.25, 0.3) is 0 Å². The van der Waals surface area contributed by atoms with Gasteiger partial charge in [-0.25, -0.2) is 0 Å². The zero-order valence-electron chi connectivity index (χ0n) is 8.93. The van der Waals surface area contributed by atoms with E-state index in [1.807, 2.05) is 0 Å². The number of hydrogen-bond acceptors (Lipinski definition) is 1. The van der Waals surface area contributed by atoms with Crippen LogP contribution in [0.5, 0.6) is 0 Å². The van der Waals surface area contributed by atoms with Crippen molar-refractivity contribution in [2.24, 2.45) is 17.8 Å². The minimum absolute atomic E-state index is 0.958. The fourth-order valence-electron chi connectivity index (χ4n) is 2.24. The molecule has 80 valence electrons. The lowest BCUT2D eigenvalue weighted by atomic mass is 9.98. The van der Waals surface area contributed by atoms with Gasteiger partial charge in [-0.3, -0.25) is 0 Å². The van der Waals surface area contributed by atoms with Crippen LogP contribution in [0.1, 0.15) is 32.6 Å². The molecule has 0 aromatic rings. The van der Waals surface area contributed by atoms with Gasteiger partial charge in [0.1, 0.15) is 0 Å². The lowest BCUT2D eigenvalue weighted by Crippen LogP contribution is -2.26. The van der Waals surface area contributed by atoms with Gasteiger partial charge in [0.05, 0.1) is 0 Å². The Bertz CT molecular complexity index is 204. The van der Waals surface area contributed by atoms with E-state index in [9.17, 15) is 0 Å². The summed E-state index contributed by atoms with van der Waals surface area (Å²) in [7, 11) is 0. The van der Waals surface area contributed by atoms with Gasteiger partial charge in [0, 0.05) is 12.1 Å². The number of hydrogen-bond donors (Lipinski definition) is 1. The van der Waals surface area contributed by atoms with Crippen molar-refractivity contribution in [1.82, 2.24) is 5.32 Å². The standard InChI is InChI=1S/C12H20ClN/c1-9(6-13)7-14-8-12(10-2-3-10)11-4-5-11/h6,10-12,14H,2-5,7-8H2,1H3. The van der Waals surface area contributed by atoms with Crippen molar-refractivity contribution in [2.75, 3.05) is 13.1 Å². The molecule has 2 rings (SSSR count). The van der Waals surface area contributed by atoms with Crippen LogP contribution in [0.2, 0.25) is 0 Å². The molecule has 0 bridgehead atoms. The molecule has 0 amide bonds. The molecule has 2 aliphatic carbocycles. The first-order chi connectivity index (χ1) is 6.81. The van der Waals surface area contributed by atoms with E-state index in [1.54, 1.807) is 5.54 Å². The third-order valence-electron chi connectivity index (χ3n) is 3.43. The summed E-state index contributed by atoms with van der Waals surface area (Å²) in [4.78, 5) is 0. The van der Waals surface area contributed by atoms with E-state index >= 15 is 0 Å². The first-order valence-corrected chi connectivity index (χ1v) is 6.21. The van der Waals surface area contributed by atoms with Crippen molar-refractivity contribution >= 4 is 11.6 Å². The Morgan fingerprint density at radius 2 is 1.93 bits per heavy atom. The molecule has 2 heteroatoms. The van der Waals surface area contributed by atoms with Crippen molar-refractivity contribution < 1.29 is 0 Å². The summed E-state index contributed by atoms with van der Waals surface area (Å²) in [5.74, 6) is 3.07. The molecule has 2 fully saturated rings. The monoisotopic (exact) mass is 213 g/mol.